The van der Waals surface area contributed by atoms with Gasteiger partial charge in [0, 0.05) is 36.6 Å². The van der Waals surface area contributed by atoms with Crippen LogP contribution >= 0.6 is 0 Å². The number of aliphatic carboxylic acids is 1. The molecule has 0 spiro atoms. The van der Waals surface area contributed by atoms with Gasteiger partial charge in [0.05, 0.1) is 13.1 Å². The molecule has 2 aromatic rings. The van der Waals surface area contributed by atoms with E-state index in [0.29, 0.717) is 24.9 Å². The summed E-state index contributed by atoms with van der Waals surface area (Å²) in [5.41, 5.74) is 12.2. The minimum absolute atomic E-state index is 0.0150. The average molecular weight is 869 g/mol. The molecule has 1 aliphatic heterocycles. The predicted octanol–water partition coefficient (Wildman–Crippen LogP) is -1.34. The topological polar surface area (TPSA) is 336 Å². The summed E-state index contributed by atoms with van der Waals surface area (Å²) in [5, 5.41) is 35.9. The maximum absolute atomic E-state index is 14.0. The van der Waals surface area contributed by atoms with E-state index in [1.807, 2.05) is 52.0 Å². The van der Waals surface area contributed by atoms with E-state index in [1.54, 1.807) is 6.20 Å². The fraction of sp³-hybridized carbons (Fsp3) is 0.585. The van der Waals surface area contributed by atoms with Gasteiger partial charge in [0.2, 0.25) is 41.4 Å². The monoisotopic (exact) mass is 868 g/mol. The summed E-state index contributed by atoms with van der Waals surface area (Å²) in [6, 6.07) is 0.591. The Morgan fingerprint density at radius 3 is 2.08 bits per heavy atom. The van der Waals surface area contributed by atoms with Crippen molar-refractivity contribution < 1.29 is 43.5 Å². The van der Waals surface area contributed by atoms with Crippen LogP contribution in [0.3, 0.4) is 0 Å². The number of fused-ring (bicyclic) bond motifs is 1. The summed E-state index contributed by atoms with van der Waals surface area (Å²) in [6.07, 6.45) is 3.38. The highest BCUT2D eigenvalue weighted by molar-refractivity contribution is 5.97. The number of para-hydroxylation sites is 1. The number of benzene rings is 1. The molecule has 1 saturated heterocycles. The number of carbonyl (C=O) groups excluding carboxylic acids is 7. The Hall–Kier alpha value is -6.25. The number of likely N-dealkylation sites (tertiary alicyclic amines) is 1. The van der Waals surface area contributed by atoms with Crippen molar-refractivity contribution in [1.82, 2.24) is 47.1 Å². The van der Waals surface area contributed by atoms with Crippen molar-refractivity contribution in [2.45, 2.75) is 116 Å². The number of carbonyl (C=O) groups is 8. The van der Waals surface area contributed by atoms with Crippen LogP contribution in [0, 0.1) is 17.2 Å². The molecule has 0 unspecified atom stereocenters. The lowest BCUT2D eigenvalue weighted by Crippen LogP contribution is -2.58. The van der Waals surface area contributed by atoms with E-state index in [1.165, 1.54) is 11.8 Å². The number of nitrogens with two attached hydrogens (primary N) is 2. The van der Waals surface area contributed by atoms with Gasteiger partial charge in [0.15, 0.2) is 5.96 Å². The van der Waals surface area contributed by atoms with E-state index >= 15 is 0 Å². The van der Waals surface area contributed by atoms with E-state index in [-0.39, 0.29) is 68.9 Å². The molecular formula is C41H64N12O9. The van der Waals surface area contributed by atoms with Crippen molar-refractivity contribution in [3.05, 3.63) is 36.0 Å². The first-order valence-electron chi connectivity index (χ1n) is 20.9. The molecule has 1 aromatic carbocycles. The van der Waals surface area contributed by atoms with Gasteiger partial charge in [-0.05, 0) is 68.9 Å². The SMILES string of the molecule is CC(C)C[C@H](NC(=O)CNC(=O)[C@H](CC(C)C)NC(=O)[C@@H]1CCCN1C(=O)CN)C(=O)N[C@@H](Cc1c[nH]c2ccccc12)C(=O)N[C@@H](C)C(=O)N[C@@H](CCCNC(=N)N)C(=O)O. The second-order valence-corrected chi connectivity index (χ2v) is 16.3. The smallest absolute Gasteiger partial charge is 0.326 e. The van der Waals surface area contributed by atoms with E-state index in [2.05, 4.69) is 42.2 Å². The minimum Gasteiger partial charge on any atom is -0.480 e. The number of hydrogen-bond acceptors (Lipinski definition) is 10. The van der Waals surface area contributed by atoms with Crippen molar-refractivity contribution in [3.8, 4) is 0 Å². The number of aromatic amines is 1. The van der Waals surface area contributed by atoms with Crippen molar-refractivity contribution in [2.75, 3.05) is 26.2 Å². The highest BCUT2D eigenvalue weighted by Gasteiger charge is 2.36. The first-order valence-corrected chi connectivity index (χ1v) is 20.9. The van der Waals surface area contributed by atoms with Gasteiger partial charge in [-0.1, -0.05) is 45.9 Å². The van der Waals surface area contributed by atoms with Gasteiger partial charge in [-0.2, -0.15) is 0 Å². The molecule has 3 rings (SSSR count). The van der Waals surface area contributed by atoms with Crippen molar-refractivity contribution in [2.24, 2.45) is 23.3 Å². The quantitative estimate of drug-likeness (QED) is 0.0332. The molecule has 21 nitrogen and oxygen atoms in total. The van der Waals surface area contributed by atoms with Crippen LogP contribution in [0.25, 0.3) is 10.9 Å². The molecule has 7 amide bonds. The molecule has 21 heteroatoms. The second-order valence-electron chi connectivity index (χ2n) is 16.3. The van der Waals surface area contributed by atoms with E-state index in [4.69, 9.17) is 16.9 Å². The normalized spacial score (nSPS) is 16.1. The lowest BCUT2D eigenvalue weighted by Gasteiger charge is -2.27. The number of carboxylic acid groups (broad SMARTS) is 1. The van der Waals surface area contributed by atoms with Crippen LogP contribution in [0.15, 0.2) is 30.5 Å². The first-order chi connectivity index (χ1) is 29.3. The van der Waals surface area contributed by atoms with Gasteiger partial charge in [-0.15, -0.1) is 0 Å². The first kappa shape index (κ1) is 50.1. The molecule has 0 bridgehead atoms. The molecule has 0 aliphatic carbocycles. The number of guanidine groups is 1. The van der Waals surface area contributed by atoms with Gasteiger partial charge in [0.1, 0.15) is 36.3 Å². The Balaban J connectivity index is 1.73. The third-order valence-corrected chi connectivity index (χ3v) is 10.3. The van der Waals surface area contributed by atoms with Gasteiger partial charge in [-0.25, -0.2) is 4.79 Å². The Morgan fingerprint density at radius 1 is 0.823 bits per heavy atom. The number of carboxylic acids is 1. The van der Waals surface area contributed by atoms with Crippen LogP contribution in [0.2, 0.25) is 0 Å². The molecule has 6 atom stereocenters. The third kappa shape index (κ3) is 15.7. The summed E-state index contributed by atoms with van der Waals surface area (Å²) in [4.78, 5) is 110. The number of hydrogen-bond donors (Lipinski definition) is 12. The largest absolute Gasteiger partial charge is 0.480 e. The molecule has 14 N–H and O–H groups in total. The summed E-state index contributed by atoms with van der Waals surface area (Å²) in [5.74, 6) is -6.16. The number of nitrogens with zero attached hydrogens (tertiary/aromatic N) is 1. The molecule has 0 saturated carbocycles. The summed E-state index contributed by atoms with van der Waals surface area (Å²) in [7, 11) is 0. The predicted molar refractivity (Wildman–Crippen MR) is 230 cm³/mol. The maximum atomic E-state index is 14.0. The second kappa shape index (κ2) is 24.3. The van der Waals surface area contributed by atoms with Crippen LogP contribution in [0.4, 0.5) is 0 Å². The average Bonchev–Trinajstić information content (AvgIpc) is 3.87. The van der Waals surface area contributed by atoms with E-state index < -0.39 is 84.2 Å². The molecule has 342 valence electrons. The van der Waals surface area contributed by atoms with Gasteiger partial charge < -0.3 is 63.7 Å². The summed E-state index contributed by atoms with van der Waals surface area (Å²) >= 11 is 0. The number of aromatic nitrogens is 1. The van der Waals surface area contributed by atoms with Crippen molar-refractivity contribution >= 4 is 64.2 Å². The number of rotatable bonds is 24. The Morgan fingerprint density at radius 2 is 1.45 bits per heavy atom. The van der Waals surface area contributed by atoms with E-state index in [0.717, 1.165) is 10.9 Å². The fourth-order valence-corrected chi connectivity index (χ4v) is 7.13. The molecule has 1 aromatic heterocycles. The third-order valence-electron chi connectivity index (χ3n) is 10.3. The lowest BCUT2D eigenvalue weighted by atomic mass is 10.0. The molecule has 1 fully saturated rings. The number of H-pyrrole nitrogens is 1. The van der Waals surface area contributed by atoms with Crippen LogP contribution in [0.1, 0.15) is 78.7 Å². The Bertz CT molecular complexity index is 1920. The highest BCUT2D eigenvalue weighted by atomic mass is 16.4. The zero-order chi connectivity index (χ0) is 46.1. The van der Waals surface area contributed by atoms with Gasteiger partial charge in [0.25, 0.3) is 0 Å². The number of amides is 7. The minimum atomic E-state index is -1.29. The van der Waals surface area contributed by atoms with Crippen molar-refractivity contribution in [3.63, 3.8) is 0 Å². The van der Waals surface area contributed by atoms with Gasteiger partial charge in [-0.3, -0.25) is 39.0 Å². The zero-order valence-corrected chi connectivity index (χ0v) is 36.1. The van der Waals surface area contributed by atoms with Crippen LogP contribution in [0.5, 0.6) is 0 Å². The Labute approximate surface area is 360 Å². The zero-order valence-electron chi connectivity index (χ0n) is 36.1. The van der Waals surface area contributed by atoms with Crippen LogP contribution in [-0.4, -0.2) is 131 Å². The lowest BCUT2D eigenvalue weighted by molar-refractivity contribution is -0.142. The van der Waals surface area contributed by atoms with Gasteiger partial charge >= 0.3 is 5.97 Å². The molecule has 1 aliphatic rings. The Kier molecular flexibility index (Phi) is 19.6. The number of nitrogens with one attached hydrogen (secondary N) is 9. The molecule has 2 heterocycles. The van der Waals surface area contributed by atoms with Crippen LogP contribution in [-0.2, 0) is 44.8 Å². The summed E-state index contributed by atoms with van der Waals surface area (Å²) in [6.45, 7) is 8.57. The highest BCUT2D eigenvalue weighted by Crippen LogP contribution is 2.20. The van der Waals surface area contributed by atoms with Crippen molar-refractivity contribution in [1.29, 1.82) is 5.41 Å². The summed E-state index contributed by atoms with van der Waals surface area (Å²) < 4.78 is 0. The molecule has 62 heavy (non-hydrogen) atoms. The van der Waals surface area contributed by atoms with Crippen LogP contribution < -0.4 is 48.7 Å². The standard InChI is InChI=1S/C41H64N12O9/c1-22(2)16-29(52-39(60)32-13-9-15-53(32)34(55)19-42)36(57)47-21-33(54)49-30(17-23(3)4)38(59)51-31(18-25-20-46-27-11-7-6-10-26(25)27)37(58)48-24(5)35(56)50-28(40(61)62)12-8-14-45-41(43)44/h6-7,10-11,20,22-24,28-32,46H,8-9,12-19,21,42H2,1-5H3,(H,47,57)(H,48,58)(H,49,54)(H,50,56)(H,51,59)(H,52,60)(H,61,62)(H4,43,44,45)/t24-,28-,29-,30-,31-,32-/m0/s1. The molecule has 0 radical (unpaired) electrons. The fourth-order valence-electron chi connectivity index (χ4n) is 7.13. The van der Waals surface area contributed by atoms with E-state index in [9.17, 15) is 43.5 Å². The molecular weight excluding hydrogens is 805 g/mol. The maximum Gasteiger partial charge on any atom is 0.326 e.